The maximum atomic E-state index is 5.60. The molecule has 8 heteroatoms. The summed E-state index contributed by atoms with van der Waals surface area (Å²) in [5.41, 5.74) is 2.81. The number of anilines is 4. The van der Waals surface area contributed by atoms with Gasteiger partial charge in [0.2, 0.25) is 5.88 Å². The van der Waals surface area contributed by atoms with Crippen molar-refractivity contribution in [2.75, 3.05) is 23.3 Å². The summed E-state index contributed by atoms with van der Waals surface area (Å²) >= 11 is 0. The topological polar surface area (TPSA) is 76.5 Å². The summed E-state index contributed by atoms with van der Waals surface area (Å²) in [6.07, 6.45) is 6.52. The first kappa shape index (κ1) is 13.1. The Morgan fingerprint density at radius 3 is 2.62 bits per heavy atom. The van der Waals surface area contributed by atoms with Crippen LogP contribution in [0.15, 0.2) is 49.2 Å². The monoisotopic (exact) mass is 320 g/mol. The Balaban J connectivity index is 1.52. The number of hydrogen-bond acceptors (Lipinski definition) is 8. The van der Waals surface area contributed by atoms with Crippen molar-refractivity contribution in [3.63, 3.8) is 0 Å². The summed E-state index contributed by atoms with van der Waals surface area (Å²) in [5, 5.41) is 0. The molecule has 0 unspecified atom stereocenters. The molecule has 4 heterocycles. The number of hydrogen-bond donors (Lipinski definition) is 0. The quantitative estimate of drug-likeness (QED) is 0.711. The van der Waals surface area contributed by atoms with Crippen LogP contribution in [0.2, 0.25) is 0 Å². The van der Waals surface area contributed by atoms with Crippen LogP contribution >= 0.6 is 0 Å². The molecular formula is C16H12N6O2. The van der Waals surface area contributed by atoms with Crippen LogP contribution in [0.1, 0.15) is 0 Å². The van der Waals surface area contributed by atoms with Crippen LogP contribution in [0.3, 0.4) is 0 Å². The van der Waals surface area contributed by atoms with E-state index in [1.807, 2.05) is 28.0 Å². The van der Waals surface area contributed by atoms with Crippen LogP contribution in [0.25, 0.3) is 0 Å². The third-order valence-corrected chi connectivity index (χ3v) is 3.96. The van der Waals surface area contributed by atoms with Crippen LogP contribution in [0.5, 0.6) is 11.8 Å². The lowest BCUT2D eigenvalue weighted by Crippen LogP contribution is -2.18. The predicted molar refractivity (Wildman–Crippen MR) is 85.8 cm³/mol. The molecule has 24 heavy (non-hydrogen) atoms. The lowest BCUT2D eigenvalue weighted by molar-refractivity contribution is 0.345. The summed E-state index contributed by atoms with van der Waals surface area (Å²) < 4.78 is 11.2. The molecule has 0 radical (unpaired) electrons. The highest BCUT2D eigenvalue weighted by molar-refractivity contribution is 5.74. The molecule has 0 spiro atoms. The molecular weight excluding hydrogens is 308 g/mol. The Hall–Kier alpha value is -3.42. The molecule has 0 fully saturated rings. The Morgan fingerprint density at radius 2 is 1.67 bits per heavy atom. The zero-order valence-electron chi connectivity index (χ0n) is 12.5. The average molecular weight is 320 g/mol. The van der Waals surface area contributed by atoms with E-state index < -0.39 is 0 Å². The molecule has 2 aromatic heterocycles. The molecule has 118 valence electrons. The molecule has 3 aromatic rings. The van der Waals surface area contributed by atoms with Gasteiger partial charge in [0.1, 0.15) is 12.0 Å². The molecule has 0 atom stereocenters. The number of rotatable bonds is 2. The minimum atomic E-state index is 0.388. The summed E-state index contributed by atoms with van der Waals surface area (Å²) in [6.45, 7) is 0.795. The number of ether oxygens (including phenoxy) is 2. The predicted octanol–water partition coefficient (Wildman–Crippen LogP) is 2.24. The van der Waals surface area contributed by atoms with Gasteiger partial charge in [-0.25, -0.2) is 15.0 Å². The fourth-order valence-electron chi connectivity index (χ4n) is 2.83. The first-order chi connectivity index (χ1) is 11.9. The Kier molecular flexibility index (Phi) is 2.75. The van der Waals surface area contributed by atoms with Gasteiger partial charge in [-0.3, -0.25) is 4.90 Å². The summed E-state index contributed by atoms with van der Waals surface area (Å²) in [5.74, 6) is 1.86. The minimum absolute atomic E-state index is 0.388. The van der Waals surface area contributed by atoms with Gasteiger partial charge in [-0.05, 0) is 18.2 Å². The highest BCUT2D eigenvalue weighted by atomic mass is 16.5. The Morgan fingerprint density at radius 1 is 0.875 bits per heavy atom. The van der Waals surface area contributed by atoms with Crippen molar-refractivity contribution in [2.45, 2.75) is 0 Å². The second kappa shape index (κ2) is 5.05. The minimum Gasteiger partial charge on any atom is -0.454 e. The molecule has 5 rings (SSSR count). The van der Waals surface area contributed by atoms with E-state index >= 15 is 0 Å². The van der Waals surface area contributed by atoms with Gasteiger partial charge in [0.25, 0.3) is 5.88 Å². The summed E-state index contributed by atoms with van der Waals surface area (Å²) in [7, 11) is 0. The zero-order chi connectivity index (χ0) is 15.9. The van der Waals surface area contributed by atoms with Crippen molar-refractivity contribution < 1.29 is 9.47 Å². The van der Waals surface area contributed by atoms with E-state index in [1.165, 1.54) is 6.33 Å². The van der Waals surface area contributed by atoms with Gasteiger partial charge in [-0.1, -0.05) is 6.07 Å². The van der Waals surface area contributed by atoms with Crippen molar-refractivity contribution >= 4 is 22.9 Å². The molecule has 0 saturated heterocycles. The molecule has 0 bridgehead atoms. The van der Waals surface area contributed by atoms with Crippen molar-refractivity contribution in [3.8, 4) is 11.8 Å². The van der Waals surface area contributed by atoms with E-state index in [9.17, 15) is 0 Å². The van der Waals surface area contributed by atoms with E-state index in [1.54, 1.807) is 18.6 Å². The van der Waals surface area contributed by atoms with Crippen LogP contribution in [0, 0.1) is 0 Å². The van der Waals surface area contributed by atoms with Gasteiger partial charge >= 0.3 is 0 Å². The Labute approximate surface area is 137 Å². The molecule has 8 nitrogen and oxygen atoms in total. The molecule has 0 aliphatic carbocycles. The third kappa shape index (κ3) is 1.93. The second-order valence-corrected chi connectivity index (χ2v) is 5.32. The summed E-state index contributed by atoms with van der Waals surface area (Å²) in [4.78, 5) is 20.8. The van der Waals surface area contributed by atoms with E-state index in [0.29, 0.717) is 25.2 Å². The normalized spacial score (nSPS) is 14.8. The number of benzene rings is 1. The van der Waals surface area contributed by atoms with Gasteiger partial charge in [-0.2, -0.15) is 4.98 Å². The SMILES string of the molecule is c1cc(N2COc3ncncc32)cc(N2COc3nccnc32)c1. The molecule has 2 aliphatic rings. The smallest absolute Gasteiger partial charge is 0.259 e. The Bertz CT molecular complexity index is 848. The second-order valence-electron chi connectivity index (χ2n) is 5.32. The fraction of sp³-hybridized carbons (Fsp3) is 0.125. The third-order valence-electron chi connectivity index (χ3n) is 3.96. The lowest BCUT2D eigenvalue weighted by atomic mass is 10.2. The first-order valence-corrected chi connectivity index (χ1v) is 7.42. The molecule has 0 saturated carbocycles. The van der Waals surface area contributed by atoms with E-state index in [0.717, 1.165) is 22.9 Å². The van der Waals surface area contributed by atoms with Crippen LogP contribution < -0.4 is 19.3 Å². The van der Waals surface area contributed by atoms with Gasteiger partial charge in [0.05, 0.1) is 6.20 Å². The molecule has 1 aromatic carbocycles. The number of aromatic nitrogens is 4. The molecule has 0 amide bonds. The largest absolute Gasteiger partial charge is 0.454 e. The van der Waals surface area contributed by atoms with Gasteiger partial charge in [0.15, 0.2) is 19.3 Å². The van der Waals surface area contributed by atoms with Gasteiger partial charge < -0.3 is 14.4 Å². The van der Waals surface area contributed by atoms with Crippen molar-refractivity contribution in [1.82, 2.24) is 19.9 Å². The van der Waals surface area contributed by atoms with E-state index in [-0.39, 0.29) is 0 Å². The molecule has 0 N–H and O–H groups in total. The van der Waals surface area contributed by atoms with Gasteiger partial charge in [-0.15, -0.1) is 0 Å². The number of nitrogens with zero attached hydrogens (tertiary/aromatic N) is 6. The standard InChI is InChI=1S/C16H12N6O2/c1-2-11(21-9-23-15-13(21)7-17-8-20-15)6-12(3-1)22-10-24-16-14(22)18-4-5-19-16/h1-8H,9-10H2. The van der Waals surface area contributed by atoms with Crippen LogP contribution in [-0.2, 0) is 0 Å². The molecule has 2 aliphatic heterocycles. The average Bonchev–Trinajstić information content (AvgIpc) is 3.26. The maximum Gasteiger partial charge on any atom is 0.259 e. The zero-order valence-corrected chi connectivity index (χ0v) is 12.5. The lowest BCUT2D eigenvalue weighted by Gasteiger charge is -2.20. The maximum absolute atomic E-state index is 5.60. The van der Waals surface area contributed by atoms with Gasteiger partial charge in [0, 0.05) is 23.8 Å². The van der Waals surface area contributed by atoms with E-state index in [4.69, 9.17) is 9.47 Å². The highest BCUT2D eigenvalue weighted by Gasteiger charge is 2.27. The van der Waals surface area contributed by atoms with Crippen molar-refractivity contribution in [3.05, 3.63) is 49.2 Å². The van der Waals surface area contributed by atoms with Crippen molar-refractivity contribution in [2.24, 2.45) is 0 Å². The fourth-order valence-corrected chi connectivity index (χ4v) is 2.83. The summed E-state index contributed by atoms with van der Waals surface area (Å²) in [6, 6.07) is 8.07. The highest BCUT2D eigenvalue weighted by Crippen LogP contribution is 2.40. The number of fused-ring (bicyclic) bond motifs is 2. The van der Waals surface area contributed by atoms with E-state index in [2.05, 4.69) is 26.0 Å². The van der Waals surface area contributed by atoms with Crippen LogP contribution in [-0.4, -0.2) is 33.4 Å². The van der Waals surface area contributed by atoms with Crippen molar-refractivity contribution in [1.29, 1.82) is 0 Å². The first-order valence-electron chi connectivity index (χ1n) is 7.42. The van der Waals surface area contributed by atoms with Crippen LogP contribution in [0.4, 0.5) is 22.9 Å².